The van der Waals surface area contributed by atoms with E-state index >= 15 is 0 Å². The van der Waals surface area contributed by atoms with Gasteiger partial charge in [-0.05, 0) is 28.1 Å². The highest BCUT2D eigenvalue weighted by Crippen LogP contribution is 2.35. The van der Waals surface area contributed by atoms with E-state index in [4.69, 9.17) is 14.2 Å². The summed E-state index contributed by atoms with van der Waals surface area (Å²) in [6.45, 7) is 3.59. The van der Waals surface area contributed by atoms with Crippen molar-refractivity contribution in [2.75, 3.05) is 0 Å². The molecule has 0 aliphatic heterocycles. The fourth-order valence-electron chi connectivity index (χ4n) is 1.42. The number of esters is 3. The summed E-state index contributed by atoms with van der Waals surface area (Å²) in [6, 6.07) is 4.80. The average Bonchev–Trinajstić information content (AvgIpc) is 2.29. The van der Waals surface area contributed by atoms with Crippen LogP contribution in [0.1, 0.15) is 32.6 Å². The number of hydrogen-bond acceptors (Lipinski definition) is 6. The Kier molecular flexibility index (Phi) is 5.69. The molecule has 0 radical (unpaired) electrons. The highest BCUT2D eigenvalue weighted by Gasteiger charge is 2.24. The molecule has 0 aliphatic carbocycles. The van der Waals surface area contributed by atoms with Gasteiger partial charge in [-0.1, -0.05) is 6.07 Å². The lowest BCUT2D eigenvalue weighted by molar-refractivity contribution is -0.186. The van der Waals surface area contributed by atoms with Crippen LogP contribution in [0.15, 0.2) is 22.7 Å². The molecule has 1 rings (SSSR count). The number of rotatable bonds is 4. The maximum Gasteiger partial charge on any atom is 0.308 e. The van der Waals surface area contributed by atoms with Crippen molar-refractivity contribution in [3.63, 3.8) is 0 Å². The van der Waals surface area contributed by atoms with Gasteiger partial charge < -0.3 is 14.2 Å². The van der Waals surface area contributed by atoms with Gasteiger partial charge in [-0.3, -0.25) is 14.4 Å². The van der Waals surface area contributed by atoms with Crippen LogP contribution in [0, 0.1) is 0 Å². The van der Waals surface area contributed by atoms with Crippen molar-refractivity contribution in [2.45, 2.75) is 27.1 Å². The number of halogens is 1. The van der Waals surface area contributed by atoms with E-state index in [1.807, 2.05) is 0 Å². The summed E-state index contributed by atoms with van der Waals surface area (Å²) >= 11 is 3.22. The second kappa shape index (κ2) is 7.04. The molecule has 0 saturated heterocycles. The number of hydrogen-bond donors (Lipinski definition) is 0. The molecule has 0 heterocycles. The van der Waals surface area contributed by atoms with Crippen molar-refractivity contribution in [3.05, 3.63) is 28.2 Å². The summed E-state index contributed by atoms with van der Waals surface area (Å²) in [5, 5.41) is 0. The largest absolute Gasteiger partial charge is 0.425 e. The predicted octanol–water partition coefficient (Wildman–Crippen LogP) is 2.50. The third kappa shape index (κ3) is 4.65. The Bertz CT molecular complexity index is 524. The Morgan fingerprint density at radius 2 is 1.55 bits per heavy atom. The van der Waals surface area contributed by atoms with Crippen LogP contribution in [0.5, 0.6) is 5.75 Å². The molecular weight excluding hydrogens is 332 g/mol. The fourth-order valence-corrected chi connectivity index (χ4v) is 1.88. The van der Waals surface area contributed by atoms with E-state index in [1.54, 1.807) is 12.1 Å². The predicted molar refractivity (Wildman–Crippen MR) is 71.7 cm³/mol. The topological polar surface area (TPSA) is 78.9 Å². The number of carbonyl (C=O) groups excluding carboxylic acids is 3. The zero-order valence-corrected chi connectivity index (χ0v) is 12.7. The minimum absolute atomic E-state index is 0.132. The first-order valence-electron chi connectivity index (χ1n) is 5.62. The number of para-hydroxylation sites is 1. The molecule has 0 N–H and O–H groups in total. The standard InChI is InChI=1S/C13H13BrO6/c1-7(15)18-12-10(5-4-6-11(12)14)13(19-8(2)16)20-9(3)17/h4-6,13H,1-3H3. The number of ether oxygens (including phenoxy) is 3. The van der Waals surface area contributed by atoms with Crippen molar-refractivity contribution in [2.24, 2.45) is 0 Å². The Balaban J connectivity index is 3.23. The Morgan fingerprint density at radius 1 is 1.00 bits per heavy atom. The van der Waals surface area contributed by atoms with Gasteiger partial charge >= 0.3 is 17.9 Å². The van der Waals surface area contributed by atoms with Gasteiger partial charge in [-0.25, -0.2) is 0 Å². The van der Waals surface area contributed by atoms with Crippen molar-refractivity contribution in [3.8, 4) is 5.75 Å². The molecule has 1 aromatic carbocycles. The van der Waals surface area contributed by atoms with Crippen LogP contribution in [-0.4, -0.2) is 17.9 Å². The lowest BCUT2D eigenvalue weighted by Crippen LogP contribution is -2.17. The van der Waals surface area contributed by atoms with Gasteiger partial charge in [0, 0.05) is 20.8 Å². The van der Waals surface area contributed by atoms with Crippen LogP contribution < -0.4 is 4.74 Å². The van der Waals surface area contributed by atoms with Gasteiger partial charge in [0.25, 0.3) is 6.29 Å². The minimum Gasteiger partial charge on any atom is -0.425 e. The lowest BCUT2D eigenvalue weighted by Gasteiger charge is -2.19. The third-order valence-electron chi connectivity index (χ3n) is 2.04. The highest BCUT2D eigenvalue weighted by molar-refractivity contribution is 9.10. The second-order valence-electron chi connectivity index (χ2n) is 3.80. The molecule has 108 valence electrons. The summed E-state index contributed by atoms with van der Waals surface area (Å²) in [5.74, 6) is -1.69. The van der Waals surface area contributed by atoms with Gasteiger partial charge in [-0.15, -0.1) is 0 Å². The van der Waals surface area contributed by atoms with Gasteiger partial charge in [0.15, 0.2) is 5.75 Å². The summed E-state index contributed by atoms with van der Waals surface area (Å²) in [7, 11) is 0. The molecule has 0 aromatic heterocycles. The normalized spacial score (nSPS) is 10.1. The number of carbonyl (C=O) groups is 3. The summed E-state index contributed by atoms with van der Waals surface area (Å²) in [4.78, 5) is 33.3. The Hall–Kier alpha value is -1.89. The van der Waals surface area contributed by atoms with Crippen LogP contribution in [0.2, 0.25) is 0 Å². The first kappa shape index (κ1) is 16.2. The molecule has 1 aromatic rings. The molecule has 0 unspecified atom stereocenters. The molecule has 0 aliphatic rings. The maximum absolute atomic E-state index is 11.1. The van der Waals surface area contributed by atoms with E-state index in [2.05, 4.69) is 15.9 Å². The first-order chi connectivity index (χ1) is 9.31. The molecule has 0 fully saturated rings. The van der Waals surface area contributed by atoms with Gasteiger partial charge in [0.05, 0.1) is 10.0 Å². The maximum atomic E-state index is 11.1. The Labute approximate surface area is 124 Å². The monoisotopic (exact) mass is 344 g/mol. The molecule has 6 nitrogen and oxygen atoms in total. The first-order valence-corrected chi connectivity index (χ1v) is 6.41. The Morgan fingerprint density at radius 3 is 2.00 bits per heavy atom. The van der Waals surface area contributed by atoms with E-state index in [0.717, 1.165) is 0 Å². The average molecular weight is 345 g/mol. The quantitative estimate of drug-likeness (QED) is 0.474. The van der Waals surface area contributed by atoms with Gasteiger partial charge in [-0.2, -0.15) is 0 Å². The van der Waals surface area contributed by atoms with Gasteiger partial charge in [0.1, 0.15) is 0 Å². The van der Waals surface area contributed by atoms with E-state index in [9.17, 15) is 14.4 Å². The van der Waals surface area contributed by atoms with Crippen molar-refractivity contribution in [1.29, 1.82) is 0 Å². The minimum atomic E-state index is -1.28. The van der Waals surface area contributed by atoms with E-state index in [0.29, 0.717) is 4.47 Å². The second-order valence-corrected chi connectivity index (χ2v) is 4.66. The zero-order valence-electron chi connectivity index (χ0n) is 11.1. The van der Waals surface area contributed by atoms with Crippen LogP contribution in [0.25, 0.3) is 0 Å². The SMILES string of the molecule is CC(=O)Oc1c(Br)cccc1C(OC(C)=O)OC(C)=O. The zero-order chi connectivity index (χ0) is 15.3. The molecule has 20 heavy (non-hydrogen) atoms. The lowest BCUT2D eigenvalue weighted by atomic mass is 10.2. The van der Waals surface area contributed by atoms with E-state index in [-0.39, 0.29) is 11.3 Å². The molecule has 0 saturated carbocycles. The molecule has 7 heteroatoms. The third-order valence-corrected chi connectivity index (χ3v) is 2.67. The highest BCUT2D eigenvalue weighted by atomic mass is 79.9. The smallest absolute Gasteiger partial charge is 0.308 e. The van der Waals surface area contributed by atoms with Crippen LogP contribution in [0.3, 0.4) is 0 Å². The van der Waals surface area contributed by atoms with Crippen LogP contribution in [0.4, 0.5) is 0 Å². The van der Waals surface area contributed by atoms with Crippen molar-refractivity contribution in [1.82, 2.24) is 0 Å². The summed E-state index contributed by atoms with van der Waals surface area (Å²) < 4.78 is 15.4. The van der Waals surface area contributed by atoms with Crippen LogP contribution in [-0.2, 0) is 23.9 Å². The molecule has 0 amide bonds. The molecule has 0 bridgehead atoms. The van der Waals surface area contributed by atoms with Crippen LogP contribution >= 0.6 is 15.9 Å². The number of benzene rings is 1. The van der Waals surface area contributed by atoms with E-state index in [1.165, 1.54) is 26.8 Å². The molecule has 0 spiro atoms. The summed E-state index contributed by atoms with van der Waals surface area (Å²) in [5.41, 5.74) is 0.250. The molecular formula is C13H13BrO6. The van der Waals surface area contributed by atoms with Gasteiger partial charge in [0.2, 0.25) is 0 Å². The van der Waals surface area contributed by atoms with E-state index < -0.39 is 24.2 Å². The van der Waals surface area contributed by atoms with Crippen molar-refractivity contribution >= 4 is 33.8 Å². The molecule has 0 atom stereocenters. The van der Waals surface area contributed by atoms with Crippen molar-refractivity contribution < 1.29 is 28.6 Å². The summed E-state index contributed by atoms with van der Waals surface area (Å²) in [6.07, 6.45) is -1.28. The fraction of sp³-hybridized carbons (Fsp3) is 0.308.